The summed E-state index contributed by atoms with van der Waals surface area (Å²) in [6, 6.07) is 11.7. The van der Waals surface area contributed by atoms with E-state index in [1.165, 1.54) is 12.1 Å². The van der Waals surface area contributed by atoms with E-state index in [9.17, 15) is 9.18 Å². The number of amides is 1. The number of aryl methyl sites for hydroxylation is 1. The molecule has 0 aromatic heterocycles. The Kier molecular flexibility index (Phi) is 6.20. The number of hydrogen-bond acceptors (Lipinski definition) is 4. The lowest BCUT2D eigenvalue weighted by molar-refractivity contribution is -0.122. The predicted octanol–water partition coefficient (Wildman–Crippen LogP) is 2.92. The second-order valence-electron chi connectivity index (χ2n) is 6.36. The maximum Gasteiger partial charge on any atom is 0.221 e. The molecule has 1 atom stereocenters. The molecule has 2 aromatic carbocycles. The first-order chi connectivity index (χ1) is 12.6. The molecule has 0 bridgehead atoms. The van der Waals surface area contributed by atoms with E-state index in [0.717, 1.165) is 17.7 Å². The zero-order chi connectivity index (χ0) is 18.4. The summed E-state index contributed by atoms with van der Waals surface area (Å²) in [5.41, 5.74) is 1.94. The van der Waals surface area contributed by atoms with Crippen LogP contribution in [0, 0.1) is 12.7 Å². The molecule has 3 rings (SSSR count). The predicted molar refractivity (Wildman–Crippen MR) is 96.7 cm³/mol. The van der Waals surface area contributed by atoms with Crippen LogP contribution in [0.5, 0.6) is 11.5 Å². The quantitative estimate of drug-likeness (QED) is 0.834. The molecular formula is C20H23FN2O3. The smallest absolute Gasteiger partial charge is 0.221 e. The van der Waals surface area contributed by atoms with Crippen molar-refractivity contribution in [2.75, 3.05) is 19.8 Å². The van der Waals surface area contributed by atoms with E-state index < -0.39 is 0 Å². The molecule has 26 heavy (non-hydrogen) atoms. The van der Waals surface area contributed by atoms with Crippen molar-refractivity contribution in [3.8, 4) is 11.5 Å². The van der Waals surface area contributed by atoms with Gasteiger partial charge in [0.25, 0.3) is 0 Å². The molecule has 1 aliphatic heterocycles. The Hall–Kier alpha value is -2.44. The third-order valence-corrected chi connectivity index (χ3v) is 4.20. The van der Waals surface area contributed by atoms with Gasteiger partial charge in [0.1, 0.15) is 17.3 Å². The molecule has 6 heteroatoms. The lowest BCUT2D eigenvalue weighted by Crippen LogP contribution is -2.44. The molecule has 1 amide bonds. The molecule has 0 saturated carbocycles. The van der Waals surface area contributed by atoms with E-state index in [0.29, 0.717) is 37.7 Å². The Bertz CT molecular complexity index is 743. The van der Waals surface area contributed by atoms with E-state index in [1.54, 1.807) is 12.1 Å². The fourth-order valence-electron chi connectivity index (χ4n) is 2.81. The molecule has 0 spiro atoms. The zero-order valence-corrected chi connectivity index (χ0v) is 14.8. The van der Waals surface area contributed by atoms with Crippen LogP contribution in [0.1, 0.15) is 17.5 Å². The maximum atomic E-state index is 13.0. The zero-order valence-electron chi connectivity index (χ0n) is 14.8. The number of hydrogen-bond donors (Lipinski definition) is 2. The Morgan fingerprint density at radius 3 is 2.81 bits per heavy atom. The molecular weight excluding hydrogens is 335 g/mol. The highest BCUT2D eigenvalue weighted by atomic mass is 19.1. The van der Waals surface area contributed by atoms with Crippen LogP contribution in [-0.4, -0.2) is 31.7 Å². The number of carbonyl (C=O) groups excluding carboxylic acids is 1. The normalized spacial score (nSPS) is 16.9. The first kappa shape index (κ1) is 18.4. The van der Waals surface area contributed by atoms with Crippen molar-refractivity contribution in [3.63, 3.8) is 0 Å². The average Bonchev–Trinajstić information content (AvgIpc) is 2.64. The van der Waals surface area contributed by atoms with Crippen molar-refractivity contribution in [2.24, 2.45) is 0 Å². The lowest BCUT2D eigenvalue weighted by Gasteiger charge is -2.23. The molecule has 5 nitrogen and oxygen atoms in total. The van der Waals surface area contributed by atoms with Crippen LogP contribution >= 0.6 is 0 Å². The first-order valence-electron chi connectivity index (χ1n) is 8.71. The highest BCUT2D eigenvalue weighted by Gasteiger charge is 2.16. The number of morpholine rings is 1. The van der Waals surface area contributed by atoms with Gasteiger partial charge < -0.3 is 20.1 Å². The average molecular weight is 358 g/mol. The number of rotatable bonds is 6. The molecule has 0 radical (unpaired) electrons. The molecule has 1 heterocycles. The standard InChI is InChI=1S/C20H23FN2O3/c1-14-10-15(12-23-20(24)11-17-13-25-9-8-22-17)2-7-19(14)26-18-5-3-16(21)4-6-18/h2-7,10,17,22H,8-9,11-13H2,1H3,(H,23,24). The minimum absolute atomic E-state index is 0.00251. The lowest BCUT2D eigenvalue weighted by atomic mass is 10.1. The van der Waals surface area contributed by atoms with Gasteiger partial charge in [-0.3, -0.25) is 4.79 Å². The number of ether oxygens (including phenoxy) is 2. The van der Waals surface area contributed by atoms with Crippen LogP contribution in [0.15, 0.2) is 42.5 Å². The van der Waals surface area contributed by atoms with Crippen molar-refractivity contribution >= 4 is 5.91 Å². The summed E-state index contributed by atoms with van der Waals surface area (Å²) in [4.78, 5) is 12.0. The third-order valence-electron chi connectivity index (χ3n) is 4.20. The fraction of sp³-hybridized carbons (Fsp3) is 0.350. The summed E-state index contributed by atoms with van der Waals surface area (Å²) in [6.45, 7) is 4.45. The van der Waals surface area contributed by atoms with Gasteiger partial charge in [-0.1, -0.05) is 12.1 Å². The third kappa shape index (κ3) is 5.28. The summed E-state index contributed by atoms with van der Waals surface area (Å²) in [7, 11) is 0. The van der Waals surface area contributed by atoms with Crippen molar-refractivity contribution in [2.45, 2.75) is 25.9 Å². The van der Waals surface area contributed by atoms with Gasteiger partial charge in [0.15, 0.2) is 0 Å². The van der Waals surface area contributed by atoms with Gasteiger partial charge in [0.2, 0.25) is 5.91 Å². The van der Waals surface area contributed by atoms with Crippen LogP contribution in [0.3, 0.4) is 0 Å². The van der Waals surface area contributed by atoms with Gasteiger partial charge in [-0.05, 0) is 48.4 Å². The van der Waals surface area contributed by atoms with Crippen LogP contribution in [0.4, 0.5) is 4.39 Å². The molecule has 1 fully saturated rings. The van der Waals surface area contributed by atoms with Crippen molar-refractivity contribution < 1.29 is 18.7 Å². The second kappa shape index (κ2) is 8.78. The first-order valence-corrected chi connectivity index (χ1v) is 8.71. The second-order valence-corrected chi connectivity index (χ2v) is 6.36. The Balaban J connectivity index is 1.52. The Labute approximate surface area is 152 Å². The van der Waals surface area contributed by atoms with Gasteiger partial charge in [0.05, 0.1) is 13.2 Å². The number of benzene rings is 2. The minimum Gasteiger partial charge on any atom is -0.457 e. The summed E-state index contributed by atoms with van der Waals surface area (Å²) in [6.07, 6.45) is 0.407. The van der Waals surface area contributed by atoms with Crippen molar-refractivity contribution in [3.05, 3.63) is 59.4 Å². The molecule has 2 aromatic rings. The Morgan fingerprint density at radius 2 is 2.12 bits per heavy atom. The number of halogens is 1. The van der Waals surface area contributed by atoms with Crippen molar-refractivity contribution in [1.82, 2.24) is 10.6 Å². The van der Waals surface area contributed by atoms with Gasteiger partial charge in [-0.2, -0.15) is 0 Å². The van der Waals surface area contributed by atoms with Crippen LogP contribution in [0.25, 0.3) is 0 Å². The van der Waals surface area contributed by atoms with Crippen molar-refractivity contribution in [1.29, 1.82) is 0 Å². The monoisotopic (exact) mass is 358 g/mol. The molecule has 1 aliphatic rings. The number of carbonyl (C=O) groups is 1. The Morgan fingerprint density at radius 1 is 1.31 bits per heavy atom. The maximum absolute atomic E-state index is 13.0. The summed E-state index contributed by atoms with van der Waals surface area (Å²) >= 11 is 0. The highest BCUT2D eigenvalue weighted by molar-refractivity contribution is 5.76. The SMILES string of the molecule is Cc1cc(CNC(=O)CC2COCCN2)ccc1Oc1ccc(F)cc1. The van der Waals surface area contributed by atoms with Gasteiger partial charge in [0, 0.05) is 25.6 Å². The largest absolute Gasteiger partial charge is 0.457 e. The van der Waals surface area contributed by atoms with Gasteiger partial charge >= 0.3 is 0 Å². The van der Waals surface area contributed by atoms with Gasteiger partial charge in [-0.15, -0.1) is 0 Å². The van der Waals surface area contributed by atoms with E-state index in [4.69, 9.17) is 9.47 Å². The molecule has 1 saturated heterocycles. The molecule has 2 N–H and O–H groups in total. The van der Waals surface area contributed by atoms with Gasteiger partial charge in [-0.25, -0.2) is 4.39 Å². The summed E-state index contributed by atoms with van der Waals surface area (Å²) < 4.78 is 24.1. The van der Waals surface area contributed by atoms with Crippen LogP contribution < -0.4 is 15.4 Å². The fourth-order valence-corrected chi connectivity index (χ4v) is 2.81. The molecule has 1 unspecified atom stereocenters. The molecule has 138 valence electrons. The number of nitrogens with one attached hydrogen (secondary N) is 2. The summed E-state index contributed by atoms with van der Waals surface area (Å²) in [5.74, 6) is 0.987. The minimum atomic E-state index is -0.296. The topological polar surface area (TPSA) is 59.6 Å². The van der Waals surface area contributed by atoms with E-state index >= 15 is 0 Å². The van der Waals surface area contributed by atoms with Crippen LogP contribution in [0.2, 0.25) is 0 Å². The van der Waals surface area contributed by atoms with E-state index in [2.05, 4.69) is 10.6 Å². The summed E-state index contributed by atoms with van der Waals surface area (Å²) in [5, 5.41) is 6.20. The van der Waals surface area contributed by atoms with Crippen LogP contribution in [-0.2, 0) is 16.1 Å². The van der Waals surface area contributed by atoms with E-state index in [1.807, 2.05) is 25.1 Å². The van der Waals surface area contributed by atoms with E-state index in [-0.39, 0.29) is 17.8 Å². The highest BCUT2D eigenvalue weighted by Crippen LogP contribution is 2.25. The molecule has 0 aliphatic carbocycles.